The molecule has 1 amide bonds. The lowest BCUT2D eigenvalue weighted by Gasteiger charge is -2.10. The first kappa shape index (κ1) is 9.98. The van der Waals surface area contributed by atoms with Crippen molar-refractivity contribution in [3.05, 3.63) is 0 Å². The molecule has 0 spiro atoms. The van der Waals surface area contributed by atoms with Crippen molar-refractivity contribution >= 4 is 11.9 Å². The summed E-state index contributed by atoms with van der Waals surface area (Å²) in [5, 5.41) is 19.4. The van der Waals surface area contributed by atoms with Crippen molar-refractivity contribution in [1.82, 2.24) is 5.32 Å². The lowest BCUT2D eigenvalue weighted by molar-refractivity contribution is -0.143. The molecule has 5 nitrogen and oxygen atoms in total. The number of hydrogen-bond acceptors (Lipinski definition) is 3. The molecule has 0 aromatic heterocycles. The molecule has 2 unspecified atom stereocenters. The Hall–Kier alpha value is -1.10. The maximum absolute atomic E-state index is 11.2. The van der Waals surface area contributed by atoms with E-state index >= 15 is 0 Å². The Morgan fingerprint density at radius 2 is 2.15 bits per heavy atom. The van der Waals surface area contributed by atoms with E-state index in [4.69, 9.17) is 10.2 Å². The summed E-state index contributed by atoms with van der Waals surface area (Å²) in [6.45, 7) is 1.36. The number of aliphatic hydroxyl groups is 1. The Kier molecular flexibility index (Phi) is 2.87. The molecule has 13 heavy (non-hydrogen) atoms. The van der Waals surface area contributed by atoms with Crippen LogP contribution in [-0.2, 0) is 9.59 Å². The van der Waals surface area contributed by atoms with Gasteiger partial charge in [-0.2, -0.15) is 0 Å². The zero-order valence-corrected chi connectivity index (χ0v) is 7.36. The van der Waals surface area contributed by atoms with Gasteiger partial charge in [-0.05, 0) is 12.3 Å². The number of hydrogen-bond donors (Lipinski definition) is 3. The molecule has 0 aromatic carbocycles. The molecular formula is C8H13NO4. The Bertz CT molecular complexity index is 228. The van der Waals surface area contributed by atoms with Crippen LogP contribution >= 0.6 is 0 Å². The van der Waals surface area contributed by atoms with E-state index in [0.717, 1.165) is 6.42 Å². The van der Waals surface area contributed by atoms with E-state index in [2.05, 4.69) is 5.32 Å². The van der Waals surface area contributed by atoms with Crippen LogP contribution in [0.25, 0.3) is 0 Å². The number of carbonyl (C=O) groups excluding carboxylic acids is 1. The molecule has 0 radical (unpaired) electrons. The minimum atomic E-state index is -1.20. The second-order valence-electron chi connectivity index (χ2n) is 3.40. The Balaban J connectivity index is 2.38. The maximum Gasteiger partial charge on any atom is 0.328 e. The van der Waals surface area contributed by atoms with E-state index in [1.807, 2.05) is 6.92 Å². The highest BCUT2D eigenvalue weighted by molar-refractivity contribution is 5.86. The summed E-state index contributed by atoms with van der Waals surface area (Å²) in [7, 11) is 0. The summed E-state index contributed by atoms with van der Waals surface area (Å²) in [6.07, 6.45) is 0.809. The molecule has 1 saturated carbocycles. The van der Waals surface area contributed by atoms with Crippen LogP contribution < -0.4 is 5.32 Å². The largest absolute Gasteiger partial charge is 0.480 e. The van der Waals surface area contributed by atoms with Crippen LogP contribution in [-0.4, -0.2) is 34.7 Å². The molecular weight excluding hydrogens is 174 g/mol. The van der Waals surface area contributed by atoms with Crippen molar-refractivity contribution in [2.24, 2.45) is 11.8 Å². The van der Waals surface area contributed by atoms with Crippen LogP contribution in [0.15, 0.2) is 0 Å². The van der Waals surface area contributed by atoms with Gasteiger partial charge in [0, 0.05) is 5.92 Å². The van der Waals surface area contributed by atoms with Crippen molar-refractivity contribution in [1.29, 1.82) is 0 Å². The first-order valence-electron chi connectivity index (χ1n) is 4.20. The zero-order valence-electron chi connectivity index (χ0n) is 7.36. The molecule has 1 aliphatic carbocycles. The number of carbonyl (C=O) groups is 2. The van der Waals surface area contributed by atoms with Gasteiger partial charge in [-0.15, -0.1) is 0 Å². The standard InChI is InChI=1S/C8H13NO4/c1-4-2-5(4)7(11)9-6(3-10)8(12)13/h4-6,10H,2-3H2,1H3,(H,9,11)(H,12,13)/t4?,5?,6-/m1/s1. The van der Waals surface area contributed by atoms with Gasteiger partial charge in [0.05, 0.1) is 6.61 Å². The van der Waals surface area contributed by atoms with Crippen LogP contribution in [0.2, 0.25) is 0 Å². The molecule has 3 atom stereocenters. The SMILES string of the molecule is CC1CC1C(=O)N[C@H](CO)C(=O)O. The monoisotopic (exact) mass is 187 g/mol. The normalized spacial score (nSPS) is 27.8. The summed E-state index contributed by atoms with van der Waals surface area (Å²) in [6, 6.07) is -1.17. The second-order valence-corrected chi connectivity index (χ2v) is 3.40. The van der Waals surface area contributed by atoms with Crippen molar-refractivity contribution in [3.63, 3.8) is 0 Å². The van der Waals surface area contributed by atoms with Gasteiger partial charge in [0.25, 0.3) is 0 Å². The smallest absolute Gasteiger partial charge is 0.328 e. The molecule has 5 heteroatoms. The minimum Gasteiger partial charge on any atom is -0.480 e. The Morgan fingerprint density at radius 1 is 1.62 bits per heavy atom. The highest BCUT2D eigenvalue weighted by atomic mass is 16.4. The third-order valence-corrected chi connectivity index (χ3v) is 2.24. The summed E-state index contributed by atoms with van der Waals surface area (Å²) < 4.78 is 0. The lowest BCUT2D eigenvalue weighted by atomic mass is 10.2. The quantitative estimate of drug-likeness (QED) is 0.538. The Labute approximate surface area is 75.7 Å². The molecule has 0 heterocycles. The van der Waals surface area contributed by atoms with Gasteiger partial charge < -0.3 is 15.5 Å². The van der Waals surface area contributed by atoms with E-state index in [1.165, 1.54) is 0 Å². The van der Waals surface area contributed by atoms with Crippen molar-refractivity contribution in [2.75, 3.05) is 6.61 Å². The fraction of sp³-hybridized carbons (Fsp3) is 0.750. The van der Waals surface area contributed by atoms with E-state index in [1.54, 1.807) is 0 Å². The van der Waals surface area contributed by atoms with Crippen LogP contribution in [0.5, 0.6) is 0 Å². The number of aliphatic carboxylic acids is 1. The number of aliphatic hydroxyl groups excluding tert-OH is 1. The predicted molar refractivity (Wildman–Crippen MR) is 43.9 cm³/mol. The summed E-state index contributed by atoms with van der Waals surface area (Å²) in [5.74, 6) is -1.19. The molecule has 1 rings (SSSR count). The molecule has 0 aliphatic heterocycles. The van der Waals surface area contributed by atoms with Gasteiger partial charge >= 0.3 is 5.97 Å². The first-order chi connectivity index (χ1) is 6.06. The van der Waals surface area contributed by atoms with Gasteiger partial charge in [-0.25, -0.2) is 4.79 Å². The van der Waals surface area contributed by atoms with Crippen LogP contribution in [0, 0.1) is 11.8 Å². The molecule has 1 aliphatic rings. The number of nitrogens with one attached hydrogen (secondary N) is 1. The van der Waals surface area contributed by atoms with Gasteiger partial charge in [-0.1, -0.05) is 6.92 Å². The topological polar surface area (TPSA) is 86.6 Å². The van der Waals surface area contributed by atoms with E-state index < -0.39 is 18.6 Å². The molecule has 0 aromatic rings. The predicted octanol–water partition coefficient (Wildman–Crippen LogP) is -0.796. The molecule has 74 valence electrons. The van der Waals surface area contributed by atoms with Crippen molar-refractivity contribution < 1.29 is 19.8 Å². The number of rotatable bonds is 4. The molecule has 3 N–H and O–H groups in total. The van der Waals surface area contributed by atoms with Crippen molar-refractivity contribution in [2.45, 2.75) is 19.4 Å². The Morgan fingerprint density at radius 3 is 2.46 bits per heavy atom. The third-order valence-electron chi connectivity index (χ3n) is 2.24. The molecule has 0 saturated heterocycles. The fourth-order valence-electron chi connectivity index (χ4n) is 1.15. The molecule has 0 bridgehead atoms. The summed E-state index contributed by atoms with van der Waals surface area (Å²) >= 11 is 0. The average molecular weight is 187 g/mol. The van der Waals surface area contributed by atoms with Crippen molar-refractivity contribution in [3.8, 4) is 0 Å². The van der Waals surface area contributed by atoms with E-state index in [9.17, 15) is 9.59 Å². The maximum atomic E-state index is 11.2. The van der Waals surface area contributed by atoms with Gasteiger partial charge in [0.15, 0.2) is 0 Å². The minimum absolute atomic E-state index is 0.0617. The second kappa shape index (κ2) is 3.74. The van der Waals surface area contributed by atoms with Crippen LogP contribution in [0.1, 0.15) is 13.3 Å². The van der Waals surface area contributed by atoms with Crippen LogP contribution in [0.3, 0.4) is 0 Å². The van der Waals surface area contributed by atoms with E-state index in [-0.39, 0.29) is 11.8 Å². The lowest BCUT2D eigenvalue weighted by Crippen LogP contribution is -2.44. The van der Waals surface area contributed by atoms with E-state index in [0.29, 0.717) is 5.92 Å². The molecule has 1 fully saturated rings. The number of amides is 1. The van der Waals surface area contributed by atoms with Gasteiger partial charge in [0.1, 0.15) is 6.04 Å². The van der Waals surface area contributed by atoms with Crippen LogP contribution in [0.4, 0.5) is 0 Å². The van der Waals surface area contributed by atoms with Gasteiger partial charge in [-0.3, -0.25) is 4.79 Å². The summed E-state index contributed by atoms with van der Waals surface area (Å²) in [5.41, 5.74) is 0. The summed E-state index contributed by atoms with van der Waals surface area (Å²) in [4.78, 5) is 21.6. The van der Waals surface area contributed by atoms with Gasteiger partial charge in [0.2, 0.25) is 5.91 Å². The highest BCUT2D eigenvalue weighted by Crippen LogP contribution is 2.37. The highest BCUT2D eigenvalue weighted by Gasteiger charge is 2.40. The number of carboxylic acid groups (broad SMARTS) is 1. The zero-order chi connectivity index (χ0) is 10.0. The fourth-order valence-corrected chi connectivity index (χ4v) is 1.15. The number of carboxylic acids is 1. The third kappa shape index (κ3) is 2.42. The first-order valence-corrected chi connectivity index (χ1v) is 4.20. The average Bonchev–Trinajstić information content (AvgIpc) is 2.77.